The smallest absolute Gasteiger partial charge is 0.262 e. The van der Waals surface area contributed by atoms with Crippen molar-refractivity contribution in [3.8, 4) is 5.75 Å². The van der Waals surface area contributed by atoms with Crippen molar-refractivity contribution in [1.82, 2.24) is 0 Å². The summed E-state index contributed by atoms with van der Waals surface area (Å²) in [6.07, 6.45) is 0. The van der Waals surface area contributed by atoms with Gasteiger partial charge in [0, 0.05) is 5.69 Å². The highest BCUT2D eigenvalue weighted by Gasteiger charge is 2.04. The highest BCUT2D eigenvalue weighted by atomic mass is 19.1. The summed E-state index contributed by atoms with van der Waals surface area (Å²) in [5.41, 5.74) is 1.15. The summed E-state index contributed by atoms with van der Waals surface area (Å²) in [5, 5.41) is 11.4. The molecular weight excluding hydrogens is 261 g/mol. The zero-order chi connectivity index (χ0) is 14.4. The number of aliphatic hydroxyl groups is 1. The number of halogens is 1. The molecule has 0 saturated heterocycles. The van der Waals surface area contributed by atoms with E-state index in [1.807, 2.05) is 0 Å². The van der Waals surface area contributed by atoms with Crippen LogP contribution in [-0.2, 0) is 11.4 Å². The van der Waals surface area contributed by atoms with Gasteiger partial charge in [0.05, 0.1) is 6.61 Å². The minimum Gasteiger partial charge on any atom is -0.484 e. The van der Waals surface area contributed by atoms with E-state index >= 15 is 0 Å². The number of benzene rings is 2. The van der Waals surface area contributed by atoms with Crippen molar-refractivity contribution >= 4 is 11.6 Å². The Hall–Kier alpha value is -2.40. The third-order valence-corrected chi connectivity index (χ3v) is 2.58. The first-order valence-electron chi connectivity index (χ1n) is 6.05. The van der Waals surface area contributed by atoms with Crippen LogP contribution in [0.4, 0.5) is 10.1 Å². The van der Waals surface area contributed by atoms with E-state index in [2.05, 4.69) is 5.32 Å². The van der Waals surface area contributed by atoms with Crippen molar-refractivity contribution in [2.24, 2.45) is 0 Å². The molecule has 104 valence electrons. The van der Waals surface area contributed by atoms with Crippen LogP contribution in [-0.4, -0.2) is 17.6 Å². The first-order valence-corrected chi connectivity index (χ1v) is 6.05. The Balaban J connectivity index is 1.85. The van der Waals surface area contributed by atoms with Gasteiger partial charge in [-0.3, -0.25) is 4.79 Å². The summed E-state index contributed by atoms with van der Waals surface area (Å²) in [4.78, 5) is 11.6. The lowest BCUT2D eigenvalue weighted by Gasteiger charge is -2.08. The minimum atomic E-state index is -0.414. The van der Waals surface area contributed by atoms with Crippen LogP contribution >= 0.6 is 0 Å². The topological polar surface area (TPSA) is 58.6 Å². The Morgan fingerprint density at radius 3 is 2.60 bits per heavy atom. The quantitative estimate of drug-likeness (QED) is 0.880. The molecule has 2 aromatic rings. The van der Waals surface area contributed by atoms with Gasteiger partial charge in [-0.25, -0.2) is 4.39 Å². The van der Waals surface area contributed by atoms with Crippen molar-refractivity contribution in [1.29, 1.82) is 0 Å². The molecule has 0 aromatic heterocycles. The van der Waals surface area contributed by atoms with E-state index in [9.17, 15) is 9.18 Å². The van der Waals surface area contributed by atoms with E-state index in [0.29, 0.717) is 11.4 Å². The first kappa shape index (κ1) is 14.0. The fraction of sp³-hybridized carbons (Fsp3) is 0.133. The number of hydrogen-bond donors (Lipinski definition) is 2. The van der Waals surface area contributed by atoms with Crippen LogP contribution < -0.4 is 10.1 Å². The molecule has 0 fully saturated rings. The molecule has 0 atom stereocenters. The summed E-state index contributed by atoms with van der Waals surface area (Å²) in [6.45, 7) is -0.213. The molecule has 0 saturated carbocycles. The second-order valence-corrected chi connectivity index (χ2v) is 4.15. The van der Waals surface area contributed by atoms with Gasteiger partial charge in [-0.2, -0.15) is 0 Å². The van der Waals surface area contributed by atoms with Gasteiger partial charge in [-0.1, -0.05) is 18.2 Å². The monoisotopic (exact) mass is 275 g/mol. The highest BCUT2D eigenvalue weighted by molar-refractivity contribution is 5.91. The molecule has 1 amide bonds. The molecule has 20 heavy (non-hydrogen) atoms. The van der Waals surface area contributed by atoms with Crippen molar-refractivity contribution < 1.29 is 19.0 Å². The molecule has 0 aliphatic rings. The van der Waals surface area contributed by atoms with Crippen LogP contribution in [0.3, 0.4) is 0 Å². The summed E-state index contributed by atoms with van der Waals surface area (Å²) in [5.74, 6) is -0.262. The Kier molecular flexibility index (Phi) is 4.68. The molecule has 2 rings (SSSR count). The van der Waals surface area contributed by atoms with Gasteiger partial charge < -0.3 is 15.2 Å². The molecule has 5 heteroatoms. The molecule has 0 bridgehead atoms. The van der Waals surface area contributed by atoms with Gasteiger partial charge in [-0.05, 0) is 35.9 Å². The zero-order valence-corrected chi connectivity index (χ0v) is 10.7. The molecule has 0 spiro atoms. The lowest BCUT2D eigenvalue weighted by Crippen LogP contribution is -2.20. The van der Waals surface area contributed by atoms with Crippen LogP contribution in [0.15, 0.2) is 48.5 Å². The number of nitrogens with one attached hydrogen (secondary N) is 1. The molecule has 0 aliphatic carbocycles. The lowest BCUT2D eigenvalue weighted by molar-refractivity contribution is -0.118. The van der Waals surface area contributed by atoms with Crippen LogP contribution in [0.1, 0.15) is 5.56 Å². The summed E-state index contributed by atoms with van der Waals surface area (Å²) in [7, 11) is 0. The number of anilines is 1. The van der Waals surface area contributed by atoms with Crippen LogP contribution in [0.25, 0.3) is 0 Å². The number of rotatable bonds is 5. The Bertz CT molecular complexity index is 584. The SMILES string of the molecule is O=C(COc1ccc(CO)cc1)Nc1cccc(F)c1. The van der Waals surface area contributed by atoms with Gasteiger partial charge >= 0.3 is 0 Å². The fourth-order valence-corrected chi connectivity index (χ4v) is 1.60. The van der Waals surface area contributed by atoms with E-state index in [-0.39, 0.29) is 19.1 Å². The number of aliphatic hydroxyl groups excluding tert-OH is 1. The number of amides is 1. The average molecular weight is 275 g/mol. The third kappa shape index (κ3) is 4.07. The number of ether oxygens (including phenoxy) is 1. The predicted molar refractivity (Wildman–Crippen MR) is 72.9 cm³/mol. The molecule has 0 radical (unpaired) electrons. The van der Waals surface area contributed by atoms with Crippen molar-refractivity contribution in [3.63, 3.8) is 0 Å². The average Bonchev–Trinajstić information content (AvgIpc) is 2.46. The van der Waals surface area contributed by atoms with Gasteiger partial charge in [0.1, 0.15) is 11.6 Å². The van der Waals surface area contributed by atoms with E-state index in [0.717, 1.165) is 5.56 Å². The van der Waals surface area contributed by atoms with Gasteiger partial charge in [-0.15, -0.1) is 0 Å². The predicted octanol–water partition coefficient (Wildman–Crippen LogP) is 2.34. The highest BCUT2D eigenvalue weighted by Crippen LogP contribution is 2.13. The largest absolute Gasteiger partial charge is 0.484 e. The second-order valence-electron chi connectivity index (χ2n) is 4.15. The number of carbonyl (C=O) groups is 1. The first-order chi connectivity index (χ1) is 9.67. The maximum Gasteiger partial charge on any atom is 0.262 e. The second kappa shape index (κ2) is 6.68. The van der Waals surface area contributed by atoms with E-state index in [1.165, 1.54) is 18.2 Å². The summed E-state index contributed by atoms with van der Waals surface area (Å²) < 4.78 is 18.2. The molecule has 2 aromatic carbocycles. The molecule has 0 unspecified atom stereocenters. The standard InChI is InChI=1S/C15H14FNO3/c16-12-2-1-3-13(8-12)17-15(19)10-20-14-6-4-11(9-18)5-7-14/h1-8,18H,9-10H2,(H,17,19). The Labute approximate surface area is 115 Å². The molecule has 4 nitrogen and oxygen atoms in total. The van der Waals surface area contributed by atoms with Crippen LogP contribution in [0.5, 0.6) is 5.75 Å². The van der Waals surface area contributed by atoms with Gasteiger partial charge in [0.25, 0.3) is 5.91 Å². The number of hydrogen-bond acceptors (Lipinski definition) is 3. The number of carbonyl (C=O) groups excluding carboxylic acids is 1. The minimum absolute atomic E-state index is 0.0413. The van der Waals surface area contributed by atoms with Gasteiger partial charge in [0.15, 0.2) is 6.61 Å². The maximum absolute atomic E-state index is 12.9. The molecule has 0 aliphatic heterocycles. The van der Waals surface area contributed by atoms with E-state index in [1.54, 1.807) is 30.3 Å². The van der Waals surface area contributed by atoms with E-state index in [4.69, 9.17) is 9.84 Å². The summed E-state index contributed by atoms with van der Waals surface area (Å²) >= 11 is 0. The van der Waals surface area contributed by atoms with Crippen molar-refractivity contribution in [2.75, 3.05) is 11.9 Å². The molecule has 2 N–H and O–H groups in total. The third-order valence-electron chi connectivity index (χ3n) is 2.58. The molecule has 0 heterocycles. The Morgan fingerprint density at radius 2 is 1.95 bits per heavy atom. The van der Waals surface area contributed by atoms with Crippen LogP contribution in [0.2, 0.25) is 0 Å². The zero-order valence-electron chi connectivity index (χ0n) is 10.7. The summed E-state index contributed by atoms with van der Waals surface area (Å²) in [6, 6.07) is 12.4. The molecular formula is C15H14FNO3. The fourth-order valence-electron chi connectivity index (χ4n) is 1.60. The normalized spacial score (nSPS) is 10.1. The van der Waals surface area contributed by atoms with Gasteiger partial charge in [0.2, 0.25) is 0 Å². The Morgan fingerprint density at radius 1 is 1.20 bits per heavy atom. The lowest BCUT2D eigenvalue weighted by atomic mass is 10.2. The van der Waals surface area contributed by atoms with Crippen LogP contribution in [0, 0.1) is 5.82 Å². The van der Waals surface area contributed by atoms with E-state index < -0.39 is 5.82 Å². The maximum atomic E-state index is 12.9. The van der Waals surface area contributed by atoms with Crippen molar-refractivity contribution in [3.05, 3.63) is 59.9 Å². The van der Waals surface area contributed by atoms with Crippen molar-refractivity contribution in [2.45, 2.75) is 6.61 Å².